The van der Waals surface area contributed by atoms with E-state index in [0.29, 0.717) is 0 Å². The van der Waals surface area contributed by atoms with Gasteiger partial charge in [-0.2, -0.15) is 0 Å². The zero-order chi connectivity index (χ0) is 8.43. The molecule has 0 aromatic carbocycles. The number of hydrogen-bond acceptors (Lipinski definition) is 1. The smallest absolute Gasteiger partial charge is 0.0120 e. The number of nitrogens with one attached hydrogen (secondary N) is 1. The topological polar surface area (TPSA) is 12.0 Å². The van der Waals surface area contributed by atoms with E-state index in [1.807, 2.05) is 0 Å². The molecule has 0 aromatic heterocycles. The summed E-state index contributed by atoms with van der Waals surface area (Å²) in [5.74, 6) is 2.62. The van der Waals surface area contributed by atoms with Crippen LogP contribution in [0.1, 0.15) is 33.6 Å². The molecule has 0 bridgehead atoms. The molecule has 0 spiro atoms. The lowest BCUT2D eigenvalue weighted by molar-refractivity contribution is 0.286. The Balaban J connectivity index is 2.39. The van der Waals surface area contributed by atoms with Crippen LogP contribution in [0.4, 0.5) is 0 Å². The predicted molar refractivity (Wildman–Crippen MR) is 49.6 cm³/mol. The van der Waals surface area contributed by atoms with E-state index in [4.69, 9.17) is 0 Å². The second-order valence-electron chi connectivity index (χ2n) is 4.26. The Morgan fingerprint density at radius 1 is 1.18 bits per heavy atom. The van der Waals surface area contributed by atoms with Gasteiger partial charge in [-0.15, -0.1) is 0 Å². The Bertz CT molecular complexity index is 116. The summed E-state index contributed by atoms with van der Waals surface area (Å²) in [5, 5.41) is 3.45. The minimum atomic E-state index is 0.773. The summed E-state index contributed by atoms with van der Waals surface area (Å²) in [5.41, 5.74) is 0. The molecule has 0 radical (unpaired) electrons. The zero-order valence-electron chi connectivity index (χ0n) is 8.22. The highest BCUT2D eigenvalue weighted by Crippen LogP contribution is 2.37. The van der Waals surface area contributed by atoms with Crippen molar-refractivity contribution < 1.29 is 0 Å². The van der Waals surface area contributed by atoms with Crippen molar-refractivity contribution in [2.24, 2.45) is 17.8 Å². The van der Waals surface area contributed by atoms with Gasteiger partial charge in [-0.3, -0.25) is 0 Å². The molecule has 1 heteroatoms. The third-order valence-electron chi connectivity index (χ3n) is 3.08. The molecule has 66 valence electrons. The molecule has 0 aromatic rings. The first-order valence-corrected chi connectivity index (χ1v) is 4.84. The van der Waals surface area contributed by atoms with Gasteiger partial charge < -0.3 is 5.32 Å². The van der Waals surface area contributed by atoms with Crippen LogP contribution in [-0.2, 0) is 0 Å². The monoisotopic (exact) mass is 155 g/mol. The van der Waals surface area contributed by atoms with Gasteiger partial charge in [0.1, 0.15) is 0 Å². The van der Waals surface area contributed by atoms with E-state index in [-0.39, 0.29) is 0 Å². The number of rotatable bonds is 4. The third kappa shape index (κ3) is 2.19. The van der Waals surface area contributed by atoms with Gasteiger partial charge in [-0.25, -0.2) is 0 Å². The predicted octanol–water partition coefficient (Wildman–Crippen LogP) is 2.28. The highest BCUT2D eigenvalue weighted by Gasteiger charge is 2.34. The molecular weight excluding hydrogens is 134 g/mol. The summed E-state index contributed by atoms with van der Waals surface area (Å²) in [6.45, 7) is 7.00. The maximum Gasteiger partial charge on any atom is 0.0120 e. The Hall–Kier alpha value is -0.0400. The Labute approximate surface area is 70.6 Å². The van der Waals surface area contributed by atoms with Crippen LogP contribution in [0.2, 0.25) is 0 Å². The van der Waals surface area contributed by atoms with Crippen LogP contribution in [-0.4, -0.2) is 13.1 Å². The van der Waals surface area contributed by atoms with Crippen molar-refractivity contribution in [3.63, 3.8) is 0 Å². The molecule has 0 aliphatic heterocycles. The van der Waals surface area contributed by atoms with Crippen molar-refractivity contribution in [1.82, 2.24) is 5.32 Å². The van der Waals surface area contributed by atoms with Crippen LogP contribution in [0.3, 0.4) is 0 Å². The summed E-state index contributed by atoms with van der Waals surface area (Å²) in [7, 11) is 2.10. The minimum absolute atomic E-state index is 0.773. The molecule has 2 unspecified atom stereocenters. The van der Waals surface area contributed by atoms with Gasteiger partial charge >= 0.3 is 0 Å². The molecule has 0 saturated heterocycles. The van der Waals surface area contributed by atoms with E-state index in [1.54, 1.807) is 0 Å². The van der Waals surface area contributed by atoms with Crippen molar-refractivity contribution in [2.45, 2.75) is 39.7 Å². The first-order valence-electron chi connectivity index (χ1n) is 4.84. The van der Waals surface area contributed by atoms with Gasteiger partial charge in [0, 0.05) is 6.04 Å². The van der Waals surface area contributed by atoms with Crippen molar-refractivity contribution in [2.75, 3.05) is 7.05 Å². The lowest BCUT2D eigenvalue weighted by Gasteiger charge is -2.26. The normalized spacial score (nSPS) is 23.7. The van der Waals surface area contributed by atoms with E-state index < -0.39 is 0 Å². The van der Waals surface area contributed by atoms with Crippen LogP contribution in [0.5, 0.6) is 0 Å². The van der Waals surface area contributed by atoms with Crippen molar-refractivity contribution in [3.8, 4) is 0 Å². The summed E-state index contributed by atoms with van der Waals surface area (Å²) < 4.78 is 0. The summed E-state index contributed by atoms with van der Waals surface area (Å²) in [6.07, 6.45) is 2.89. The fourth-order valence-electron chi connectivity index (χ4n) is 1.80. The zero-order valence-corrected chi connectivity index (χ0v) is 8.22. The third-order valence-corrected chi connectivity index (χ3v) is 3.08. The van der Waals surface area contributed by atoms with Gasteiger partial charge in [-0.1, -0.05) is 20.8 Å². The first-order chi connectivity index (χ1) is 5.16. The summed E-state index contributed by atoms with van der Waals surface area (Å²) in [4.78, 5) is 0. The van der Waals surface area contributed by atoms with Crippen LogP contribution in [0, 0.1) is 17.8 Å². The second kappa shape index (κ2) is 3.57. The Kier molecular flexibility index (Phi) is 2.94. The fraction of sp³-hybridized carbons (Fsp3) is 1.00. The average molecular weight is 155 g/mol. The minimum Gasteiger partial charge on any atom is -0.316 e. The molecule has 1 aliphatic rings. The molecular formula is C10H21N. The van der Waals surface area contributed by atoms with Crippen molar-refractivity contribution in [3.05, 3.63) is 0 Å². The largest absolute Gasteiger partial charge is 0.316 e. The summed E-state index contributed by atoms with van der Waals surface area (Å²) in [6, 6.07) is 0.773. The fourth-order valence-corrected chi connectivity index (χ4v) is 1.80. The van der Waals surface area contributed by atoms with E-state index in [2.05, 4.69) is 33.1 Å². The van der Waals surface area contributed by atoms with Gasteiger partial charge in [-0.05, 0) is 37.6 Å². The van der Waals surface area contributed by atoms with Crippen molar-refractivity contribution in [1.29, 1.82) is 0 Å². The van der Waals surface area contributed by atoms with E-state index in [0.717, 1.165) is 23.8 Å². The molecule has 0 amide bonds. The Morgan fingerprint density at radius 3 is 2.00 bits per heavy atom. The van der Waals surface area contributed by atoms with Crippen LogP contribution in [0.15, 0.2) is 0 Å². The van der Waals surface area contributed by atoms with E-state index >= 15 is 0 Å². The number of hydrogen-bond donors (Lipinski definition) is 1. The van der Waals surface area contributed by atoms with Gasteiger partial charge in [0.05, 0.1) is 0 Å². The van der Waals surface area contributed by atoms with Gasteiger partial charge in [0.2, 0.25) is 0 Å². The molecule has 1 nitrogen and oxygen atoms in total. The van der Waals surface area contributed by atoms with Crippen LogP contribution < -0.4 is 5.32 Å². The average Bonchev–Trinajstić information content (AvgIpc) is 2.72. The lowest BCUT2D eigenvalue weighted by atomic mass is 9.88. The van der Waals surface area contributed by atoms with Gasteiger partial charge in [0.15, 0.2) is 0 Å². The Morgan fingerprint density at radius 2 is 1.73 bits per heavy atom. The highest BCUT2D eigenvalue weighted by molar-refractivity contribution is 4.89. The molecule has 1 rings (SSSR count). The highest BCUT2D eigenvalue weighted by atomic mass is 14.9. The van der Waals surface area contributed by atoms with E-state index in [9.17, 15) is 0 Å². The molecule has 11 heavy (non-hydrogen) atoms. The lowest BCUT2D eigenvalue weighted by Crippen LogP contribution is -2.36. The maximum absolute atomic E-state index is 3.45. The van der Waals surface area contributed by atoms with Crippen molar-refractivity contribution >= 4 is 0 Å². The standard InChI is InChI=1S/C10H21N/c1-7(2)8(3)10(11-4)9-5-6-9/h7-11H,5-6H2,1-4H3. The molecule has 1 saturated carbocycles. The van der Waals surface area contributed by atoms with Crippen LogP contribution in [0.25, 0.3) is 0 Å². The van der Waals surface area contributed by atoms with Gasteiger partial charge in [0.25, 0.3) is 0 Å². The molecule has 0 heterocycles. The molecule has 1 aliphatic carbocycles. The summed E-state index contributed by atoms with van der Waals surface area (Å²) >= 11 is 0. The molecule has 2 atom stereocenters. The first kappa shape index (κ1) is 9.05. The van der Waals surface area contributed by atoms with Crippen LogP contribution >= 0.6 is 0 Å². The second-order valence-corrected chi connectivity index (χ2v) is 4.26. The quantitative estimate of drug-likeness (QED) is 0.656. The molecule has 1 N–H and O–H groups in total. The van der Waals surface area contributed by atoms with E-state index in [1.165, 1.54) is 12.8 Å². The SMILES string of the molecule is CNC(C1CC1)C(C)C(C)C. The maximum atomic E-state index is 3.45. The molecule has 1 fully saturated rings.